The van der Waals surface area contributed by atoms with E-state index in [0.717, 1.165) is 16.8 Å². The maximum absolute atomic E-state index is 10.5. The minimum Gasteiger partial charge on any atom is -0.497 e. The van der Waals surface area contributed by atoms with E-state index in [1.54, 1.807) is 7.11 Å². The van der Waals surface area contributed by atoms with Crippen molar-refractivity contribution in [3.05, 3.63) is 24.0 Å². The van der Waals surface area contributed by atoms with Crippen LogP contribution in [0.15, 0.2) is 18.2 Å². The van der Waals surface area contributed by atoms with Gasteiger partial charge in [0, 0.05) is 12.1 Å². The molecule has 0 aliphatic carbocycles. The average Bonchev–Trinajstić information content (AvgIpc) is 2.75. The van der Waals surface area contributed by atoms with E-state index in [4.69, 9.17) is 14.6 Å². The van der Waals surface area contributed by atoms with Crippen LogP contribution in [0.3, 0.4) is 0 Å². The van der Waals surface area contributed by atoms with Gasteiger partial charge in [-0.25, -0.2) is 9.78 Å². The average molecular weight is 278 g/mol. The molecule has 1 aromatic heterocycles. The number of hydrogen-bond acceptors (Lipinski definition) is 4. The van der Waals surface area contributed by atoms with Gasteiger partial charge in [0.05, 0.1) is 18.1 Å². The molecule has 2 rings (SSSR count). The van der Waals surface area contributed by atoms with Gasteiger partial charge < -0.3 is 19.1 Å². The van der Waals surface area contributed by atoms with Crippen LogP contribution in [0.2, 0.25) is 0 Å². The number of nitrogens with zero attached hydrogens (tertiary/aromatic N) is 2. The fraction of sp³-hybridized carbons (Fsp3) is 0.429. The maximum Gasteiger partial charge on any atom is 0.329 e. The Bertz CT molecular complexity index is 619. The summed E-state index contributed by atoms with van der Waals surface area (Å²) in [6, 6.07) is 5.89. The number of hydrogen-bond donors (Lipinski definition) is 1. The summed E-state index contributed by atoms with van der Waals surface area (Å²) in [7, 11) is 1.61. The second-order valence-electron chi connectivity index (χ2n) is 4.73. The summed E-state index contributed by atoms with van der Waals surface area (Å²) in [5.41, 5.74) is 1.79. The number of carboxylic acid groups (broad SMARTS) is 1. The zero-order chi connectivity index (χ0) is 14.7. The molecule has 108 valence electrons. The first-order valence-electron chi connectivity index (χ1n) is 6.37. The monoisotopic (exact) mass is 278 g/mol. The quantitative estimate of drug-likeness (QED) is 0.877. The van der Waals surface area contributed by atoms with Crippen molar-refractivity contribution in [1.82, 2.24) is 9.55 Å². The molecule has 20 heavy (non-hydrogen) atoms. The highest BCUT2D eigenvalue weighted by Crippen LogP contribution is 2.25. The molecule has 6 nitrogen and oxygen atoms in total. The van der Waals surface area contributed by atoms with Crippen LogP contribution in [0.4, 0.5) is 0 Å². The zero-order valence-corrected chi connectivity index (χ0v) is 11.8. The number of methoxy groups -OCH3 is 1. The molecule has 2 aromatic rings. The van der Waals surface area contributed by atoms with Gasteiger partial charge in [-0.05, 0) is 26.0 Å². The number of imidazole rings is 1. The van der Waals surface area contributed by atoms with Crippen molar-refractivity contribution >= 4 is 17.0 Å². The summed E-state index contributed by atoms with van der Waals surface area (Å²) in [5.74, 6) is 0.465. The van der Waals surface area contributed by atoms with E-state index in [9.17, 15) is 4.79 Å². The van der Waals surface area contributed by atoms with Gasteiger partial charge >= 0.3 is 5.97 Å². The minimum absolute atomic E-state index is 0.168. The van der Waals surface area contributed by atoms with Gasteiger partial charge in [-0.15, -0.1) is 0 Å². The van der Waals surface area contributed by atoms with Gasteiger partial charge in [-0.1, -0.05) is 0 Å². The molecule has 0 radical (unpaired) electrons. The van der Waals surface area contributed by atoms with Crippen molar-refractivity contribution in [3.8, 4) is 5.75 Å². The van der Waals surface area contributed by atoms with Crippen molar-refractivity contribution < 1.29 is 19.4 Å². The van der Waals surface area contributed by atoms with E-state index in [0.29, 0.717) is 5.82 Å². The first-order chi connectivity index (χ1) is 9.52. The Balaban J connectivity index is 2.36. The third-order valence-electron chi connectivity index (χ3n) is 2.94. The number of benzene rings is 1. The molecule has 0 fully saturated rings. The molecule has 0 aliphatic rings. The molecule has 1 aromatic carbocycles. The van der Waals surface area contributed by atoms with Gasteiger partial charge in [-0.3, -0.25) is 0 Å². The highest BCUT2D eigenvalue weighted by molar-refractivity contribution is 5.78. The largest absolute Gasteiger partial charge is 0.497 e. The third-order valence-corrected chi connectivity index (χ3v) is 2.94. The van der Waals surface area contributed by atoms with Crippen molar-refractivity contribution in [2.75, 3.05) is 13.7 Å². The van der Waals surface area contributed by atoms with E-state index in [1.165, 1.54) is 0 Å². The maximum atomic E-state index is 10.5. The number of fused-ring (bicyclic) bond motifs is 1. The van der Waals surface area contributed by atoms with Crippen molar-refractivity contribution in [2.45, 2.75) is 26.5 Å². The fourth-order valence-electron chi connectivity index (χ4n) is 2.16. The van der Waals surface area contributed by atoms with E-state index in [1.807, 2.05) is 36.6 Å². The van der Waals surface area contributed by atoms with Crippen LogP contribution in [0.1, 0.15) is 25.7 Å². The van der Waals surface area contributed by atoms with Gasteiger partial charge in [0.15, 0.2) is 0 Å². The smallest absolute Gasteiger partial charge is 0.329 e. The lowest BCUT2D eigenvalue weighted by atomic mass is 10.2. The van der Waals surface area contributed by atoms with Gasteiger partial charge in [0.1, 0.15) is 24.8 Å². The second-order valence-corrected chi connectivity index (χ2v) is 4.73. The molecule has 6 heteroatoms. The Kier molecular flexibility index (Phi) is 4.24. The first kappa shape index (κ1) is 14.3. The Morgan fingerprint density at radius 3 is 2.80 bits per heavy atom. The molecule has 1 N–H and O–H groups in total. The van der Waals surface area contributed by atoms with Crippen molar-refractivity contribution in [1.29, 1.82) is 0 Å². The number of ether oxygens (including phenoxy) is 2. The number of rotatable bonds is 6. The normalized spacial score (nSPS) is 11.2. The molecular formula is C14H18N2O4. The molecule has 0 amide bonds. The third kappa shape index (κ3) is 2.91. The standard InChI is InChI=1S/C14H18N2O4/c1-9(2)16-12-5-4-10(19-3)6-11(12)15-13(16)7-20-8-14(17)18/h4-6,9H,7-8H2,1-3H3,(H,17,18). The van der Waals surface area contributed by atoms with Crippen molar-refractivity contribution in [3.63, 3.8) is 0 Å². The van der Waals surface area contributed by atoms with Crippen LogP contribution in [0, 0.1) is 0 Å². The van der Waals surface area contributed by atoms with Gasteiger partial charge in [0.25, 0.3) is 0 Å². The van der Waals surface area contributed by atoms with E-state index in [-0.39, 0.29) is 19.3 Å². The van der Waals surface area contributed by atoms with Crippen molar-refractivity contribution in [2.24, 2.45) is 0 Å². The Morgan fingerprint density at radius 1 is 1.45 bits per heavy atom. The molecule has 0 saturated heterocycles. The molecule has 0 atom stereocenters. The van der Waals surface area contributed by atoms with Crippen LogP contribution in [0.25, 0.3) is 11.0 Å². The Morgan fingerprint density at radius 2 is 2.20 bits per heavy atom. The molecule has 0 spiro atoms. The van der Waals surface area contributed by atoms with Gasteiger partial charge in [-0.2, -0.15) is 0 Å². The van der Waals surface area contributed by atoms with Crippen LogP contribution >= 0.6 is 0 Å². The van der Waals surface area contributed by atoms with E-state index in [2.05, 4.69) is 4.98 Å². The molecule has 0 saturated carbocycles. The Hall–Kier alpha value is -2.08. The lowest BCUT2D eigenvalue weighted by Gasteiger charge is -2.13. The summed E-state index contributed by atoms with van der Waals surface area (Å²) in [4.78, 5) is 15.0. The summed E-state index contributed by atoms with van der Waals surface area (Å²) < 4.78 is 12.4. The molecule has 0 unspecified atom stereocenters. The Labute approximate surface area is 116 Å². The minimum atomic E-state index is -0.987. The summed E-state index contributed by atoms with van der Waals surface area (Å²) in [6.07, 6.45) is 0. The fourth-order valence-corrected chi connectivity index (χ4v) is 2.16. The summed E-state index contributed by atoms with van der Waals surface area (Å²) in [6.45, 7) is 3.93. The zero-order valence-electron chi connectivity index (χ0n) is 11.8. The molecule has 0 bridgehead atoms. The number of aromatic nitrogens is 2. The molecular weight excluding hydrogens is 260 g/mol. The number of aliphatic carboxylic acids is 1. The summed E-state index contributed by atoms with van der Waals surface area (Å²) >= 11 is 0. The topological polar surface area (TPSA) is 73.6 Å². The first-order valence-corrected chi connectivity index (χ1v) is 6.37. The SMILES string of the molecule is COc1ccc2c(c1)nc(COCC(=O)O)n2C(C)C. The predicted molar refractivity (Wildman–Crippen MR) is 74.0 cm³/mol. The lowest BCUT2D eigenvalue weighted by molar-refractivity contribution is -0.142. The predicted octanol–water partition coefficient (Wildman–Crippen LogP) is 2.23. The van der Waals surface area contributed by atoms with Crippen LogP contribution in [-0.2, 0) is 16.1 Å². The molecule has 1 heterocycles. The number of carboxylic acids is 1. The second kappa shape index (κ2) is 5.92. The van der Waals surface area contributed by atoms with Gasteiger partial charge in [0.2, 0.25) is 0 Å². The molecule has 0 aliphatic heterocycles. The lowest BCUT2D eigenvalue weighted by Crippen LogP contribution is -2.11. The van der Waals surface area contributed by atoms with Crippen LogP contribution < -0.4 is 4.74 Å². The number of carbonyl (C=O) groups is 1. The van der Waals surface area contributed by atoms with Crippen LogP contribution in [0.5, 0.6) is 5.75 Å². The van der Waals surface area contributed by atoms with E-state index < -0.39 is 5.97 Å². The highest BCUT2D eigenvalue weighted by Gasteiger charge is 2.14. The van der Waals surface area contributed by atoms with Crippen LogP contribution in [-0.4, -0.2) is 34.3 Å². The van der Waals surface area contributed by atoms with E-state index >= 15 is 0 Å². The summed E-state index contributed by atoms with van der Waals surface area (Å²) in [5, 5.41) is 8.61. The highest BCUT2D eigenvalue weighted by atomic mass is 16.5.